The molecule has 424 valence electrons. The first kappa shape index (κ1) is 70.3. The molecule has 1 atom stereocenters. The van der Waals surface area contributed by atoms with Crippen molar-refractivity contribution in [3.05, 3.63) is 97.2 Å². The zero-order valence-electron chi connectivity index (χ0n) is 48.6. The van der Waals surface area contributed by atoms with Crippen LogP contribution in [0.4, 0.5) is 0 Å². The molecule has 0 rings (SSSR count). The number of allylic oxidation sites excluding steroid dienone is 16. The first-order valence-electron chi connectivity index (χ1n) is 31.2. The standard InChI is InChI=1S/C68H116O6/c1-4-7-10-13-16-19-22-25-28-30-32-33-34-35-37-38-40-43-46-49-52-55-58-61-67(70)73-64-65(63-72-66(69)60-57-54-51-48-45-42-27-24-21-18-15-12-9-6-3)74-68(71)62-59-56-53-50-47-44-41-39-36-31-29-26-23-20-17-14-11-8-5-2/h15,17-18,20,22,24-27,29-30,32,34-36,39,65H,4-14,16,19,21,23,28,31,33,37-38,40-64H2,1-3H3/b18-15-,20-17-,25-22-,27-24-,29-26-,32-30-,35-34-,39-36-. The van der Waals surface area contributed by atoms with Gasteiger partial charge in [0.1, 0.15) is 13.2 Å². The molecule has 0 aliphatic carbocycles. The maximum Gasteiger partial charge on any atom is 0.306 e. The molecule has 0 aromatic carbocycles. The second-order valence-corrected chi connectivity index (χ2v) is 20.6. The molecule has 0 bridgehead atoms. The van der Waals surface area contributed by atoms with Crippen molar-refractivity contribution in [3.63, 3.8) is 0 Å². The Bertz CT molecular complexity index is 1460. The lowest BCUT2D eigenvalue weighted by molar-refractivity contribution is -0.167. The Balaban J connectivity index is 4.41. The molecule has 0 radical (unpaired) electrons. The van der Waals surface area contributed by atoms with Crippen LogP contribution in [-0.2, 0) is 28.6 Å². The summed E-state index contributed by atoms with van der Waals surface area (Å²) in [6.07, 6.45) is 82.5. The third-order valence-corrected chi connectivity index (χ3v) is 13.3. The number of carbonyl (C=O) groups excluding carboxylic acids is 3. The largest absolute Gasteiger partial charge is 0.462 e. The van der Waals surface area contributed by atoms with Crippen molar-refractivity contribution in [3.8, 4) is 0 Å². The van der Waals surface area contributed by atoms with Gasteiger partial charge in [0.15, 0.2) is 6.10 Å². The van der Waals surface area contributed by atoms with Gasteiger partial charge in [-0.15, -0.1) is 0 Å². The number of unbranched alkanes of at least 4 members (excludes halogenated alkanes) is 29. The summed E-state index contributed by atoms with van der Waals surface area (Å²) in [5, 5.41) is 0. The molecule has 0 saturated carbocycles. The van der Waals surface area contributed by atoms with E-state index in [9.17, 15) is 14.4 Å². The quantitative estimate of drug-likeness (QED) is 0.0261. The molecular weight excluding hydrogens is 913 g/mol. The monoisotopic (exact) mass is 1030 g/mol. The molecule has 0 fully saturated rings. The summed E-state index contributed by atoms with van der Waals surface area (Å²) in [6, 6.07) is 0. The van der Waals surface area contributed by atoms with Crippen LogP contribution in [0.2, 0.25) is 0 Å². The summed E-state index contributed by atoms with van der Waals surface area (Å²) >= 11 is 0. The van der Waals surface area contributed by atoms with E-state index >= 15 is 0 Å². The van der Waals surface area contributed by atoms with Crippen LogP contribution in [0.5, 0.6) is 0 Å². The molecule has 0 spiro atoms. The Morgan fingerprint density at radius 3 is 0.824 bits per heavy atom. The van der Waals surface area contributed by atoms with Crippen molar-refractivity contribution in [2.24, 2.45) is 0 Å². The van der Waals surface area contributed by atoms with Gasteiger partial charge in [-0.3, -0.25) is 14.4 Å². The SMILES string of the molecule is CCCC/C=C\C/C=C\CCCCCCCC(=O)OCC(COC(=O)CCCCCCCCCC/C=C\C/C=C\C/C=C\CCCCCCC)OC(=O)CCCCCCCC/C=C\C/C=C\C/C=C\CCCCC. The maximum absolute atomic E-state index is 12.9. The predicted molar refractivity (Wildman–Crippen MR) is 320 cm³/mol. The van der Waals surface area contributed by atoms with Crippen LogP contribution in [0, 0.1) is 0 Å². The highest BCUT2D eigenvalue weighted by molar-refractivity contribution is 5.71. The average molecular weight is 1030 g/mol. The van der Waals surface area contributed by atoms with Crippen LogP contribution in [-0.4, -0.2) is 37.2 Å². The average Bonchev–Trinajstić information content (AvgIpc) is 3.40. The highest BCUT2D eigenvalue weighted by Crippen LogP contribution is 2.15. The second-order valence-electron chi connectivity index (χ2n) is 20.6. The topological polar surface area (TPSA) is 78.9 Å². The summed E-state index contributed by atoms with van der Waals surface area (Å²) in [7, 11) is 0. The normalized spacial score (nSPS) is 12.7. The van der Waals surface area contributed by atoms with Crippen molar-refractivity contribution < 1.29 is 28.6 Å². The first-order valence-corrected chi connectivity index (χ1v) is 31.2. The summed E-state index contributed by atoms with van der Waals surface area (Å²) in [4.78, 5) is 38.3. The van der Waals surface area contributed by atoms with Gasteiger partial charge in [-0.2, -0.15) is 0 Å². The molecular formula is C68H116O6. The van der Waals surface area contributed by atoms with E-state index in [1.54, 1.807) is 0 Å². The van der Waals surface area contributed by atoms with E-state index in [4.69, 9.17) is 14.2 Å². The van der Waals surface area contributed by atoms with Crippen LogP contribution < -0.4 is 0 Å². The van der Waals surface area contributed by atoms with Crippen LogP contribution in [0.25, 0.3) is 0 Å². The van der Waals surface area contributed by atoms with E-state index in [2.05, 4.69) is 118 Å². The molecule has 1 unspecified atom stereocenters. The summed E-state index contributed by atoms with van der Waals surface area (Å²) in [5.41, 5.74) is 0. The van der Waals surface area contributed by atoms with Gasteiger partial charge in [-0.05, 0) is 122 Å². The second kappa shape index (κ2) is 61.9. The summed E-state index contributed by atoms with van der Waals surface area (Å²) in [5.74, 6) is -0.919. The lowest BCUT2D eigenvalue weighted by Crippen LogP contribution is -2.30. The molecule has 0 amide bonds. The minimum Gasteiger partial charge on any atom is -0.462 e. The Morgan fingerprint density at radius 2 is 0.500 bits per heavy atom. The van der Waals surface area contributed by atoms with E-state index in [1.165, 1.54) is 128 Å². The smallest absolute Gasteiger partial charge is 0.306 e. The molecule has 0 heterocycles. The van der Waals surface area contributed by atoms with E-state index < -0.39 is 6.10 Å². The van der Waals surface area contributed by atoms with Crippen LogP contribution in [0.3, 0.4) is 0 Å². The molecule has 0 aliphatic rings. The predicted octanol–water partition coefficient (Wildman–Crippen LogP) is 21.3. The molecule has 0 saturated heterocycles. The van der Waals surface area contributed by atoms with Gasteiger partial charge in [-0.1, -0.05) is 253 Å². The highest BCUT2D eigenvalue weighted by atomic mass is 16.6. The fourth-order valence-electron chi connectivity index (χ4n) is 8.53. The van der Waals surface area contributed by atoms with E-state index in [1.807, 2.05) is 0 Å². The number of hydrogen-bond donors (Lipinski definition) is 0. The first-order chi connectivity index (χ1) is 36.5. The van der Waals surface area contributed by atoms with E-state index in [0.717, 1.165) is 128 Å². The maximum atomic E-state index is 12.9. The van der Waals surface area contributed by atoms with E-state index in [0.29, 0.717) is 19.3 Å². The zero-order valence-corrected chi connectivity index (χ0v) is 48.6. The van der Waals surface area contributed by atoms with Crippen LogP contribution in [0.15, 0.2) is 97.2 Å². The number of esters is 3. The fraction of sp³-hybridized carbons (Fsp3) is 0.721. The molecule has 6 heteroatoms. The Morgan fingerprint density at radius 1 is 0.270 bits per heavy atom. The van der Waals surface area contributed by atoms with Gasteiger partial charge in [0, 0.05) is 19.3 Å². The van der Waals surface area contributed by atoms with Crippen molar-refractivity contribution in [2.75, 3.05) is 13.2 Å². The number of carbonyl (C=O) groups is 3. The third kappa shape index (κ3) is 59.2. The number of hydrogen-bond acceptors (Lipinski definition) is 6. The summed E-state index contributed by atoms with van der Waals surface area (Å²) < 4.78 is 16.9. The van der Waals surface area contributed by atoms with Crippen molar-refractivity contribution in [1.82, 2.24) is 0 Å². The number of ether oxygens (including phenoxy) is 3. The van der Waals surface area contributed by atoms with Gasteiger partial charge in [0.05, 0.1) is 0 Å². The lowest BCUT2D eigenvalue weighted by Gasteiger charge is -2.18. The van der Waals surface area contributed by atoms with Gasteiger partial charge in [0.2, 0.25) is 0 Å². The Hall–Kier alpha value is -3.67. The zero-order chi connectivity index (χ0) is 53.6. The van der Waals surface area contributed by atoms with Crippen molar-refractivity contribution >= 4 is 17.9 Å². The molecule has 0 aliphatic heterocycles. The van der Waals surface area contributed by atoms with Gasteiger partial charge in [0.25, 0.3) is 0 Å². The molecule has 6 nitrogen and oxygen atoms in total. The van der Waals surface area contributed by atoms with E-state index in [-0.39, 0.29) is 31.1 Å². The van der Waals surface area contributed by atoms with Crippen LogP contribution >= 0.6 is 0 Å². The van der Waals surface area contributed by atoms with Gasteiger partial charge >= 0.3 is 17.9 Å². The third-order valence-electron chi connectivity index (χ3n) is 13.3. The van der Waals surface area contributed by atoms with Gasteiger partial charge < -0.3 is 14.2 Å². The number of rotatable bonds is 56. The minimum atomic E-state index is -0.796. The Labute approximate surface area is 457 Å². The van der Waals surface area contributed by atoms with Crippen molar-refractivity contribution in [2.45, 2.75) is 303 Å². The molecule has 0 N–H and O–H groups in total. The van der Waals surface area contributed by atoms with Crippen molar-refractivity contribution in [1.29, 1.82) is 0 Å². The molecule has 74 heavy (non-hydrogen) atoms. The summed E-state index contributed by atoms with van der Waals surface area (Å²) in [6.45, 7) is 6.55. The highest BCUT2D eigenvalue weighted by Gasteiger charge is 2.19. The molecule has 0 aromatic rings. The van der Waals surface area contributed by atoms with Crippen LogP contribution in [0.1, 0.15) is 297 Å². The fourth-order valence-corrected chi connectivity index (χ4v) is 8.53. The van der Waals surface area contributed by atoms with Gasteiger partial charge in [-0.25, -0.2) is 0 Å². The lowest BCUT2D eigenvalue weighted by atomic mass is 10.1. The Kier molecular flexibility index (Phi) is 58.8. The minimum absolute atomic E-state index is 0.0917. The molecule has 0 aromatic heterocycles.